The van der Waals surface area contributed by atoms with Crippen molar-refractivity contribution < 1.29 is 14.9 Å². The Morgan fingerprint density at radius 3 is 2.31 bits per heavy atom. The lowest BCUT2D eigenvalue weighted by atomic mass is 10.1. The van der Waals surface area contributed by atoms with Crippen molar-refractivity contribution in [3.8, 4) is 0 Å². The third kappa shape index (κ3) is 2.05. The first-order valence-electron chi connectivity index (χ1n) is 3.87. The van der Waals surface area contributed by atoms with E-state index in [1.165, 1.54) is 7.11 Å². The summed E-state index contributed by atoms with van der Waals surface area (Å²) in [6.07, 6.45) is -1.16. The van der Waals surface area contributed by atoms with Crippen LogP contribution >= 0.6 is 0 Å². The highest BCUT2D eigenvalue weighted by molar-refractivity contribution is 5.20. The average molecular weight is 183 g/mol. The summed E-state index contributed by atoms with van der Waals surface area (Å²) < 4.78 is 4.65. The first-order valence-corrected chi connectivity index (χ1v) is 3.87. The molecule has 0 fully saturated rings. The van der Waals surface area contributed by atoms with E-state index in [0.29, 0.717) is 5.56 Å². The number of nitrogens with two attached hydrogens (primary N) is 1. The molecule has 0 aliphatic carbocycles. The molecule has 4 N–H and O–H groups in total. The van der Waals surface area contributed by atoms with E-state index in [9.17, 15) is 10.2 Å². The molecule has 0 aliphatic rings. The quantitative estimate of drug-likeness (QED) is 0.565. The second-order valence-electron chi connectivity index (χ2n) is 2.75. The second kappa shape index (κ2) is 3.85. The molecule has 0 aliphatic heterocycles. The van der Waals surface area contributed by atoms with Crippen LogP contribution in [-0.2, 0) is 10.5 Å². The molecule has 0 amide bonds. The van der Waals surface area contributed by atoms with Crippen molar-refractivity contribution in [3.63, 3.8) is 0 Å². The molecule has 0 spiro atoms. The molecule has 0 heterocycles. The molecule has 13 heavy (non-hydrogen) atoms. The van der Waals surface area contributed by atoms with Gasteiger partial charge in [0.1, 0.15) is 0 Å². The van der Waals surface area contributed by atoms with E-state index in [1.807, 2.05) is 0 Å². The third-order valence-electron chi connectivity index (χ3n) is 1.85. The number of benzene rings is 1. The largest absolute Gasteiger partial charge is 0.361 e. The number of rotatable bonds is 3. The Bertz CT molecular complexity index is 261. The molecule has 1 atom stereocenters. The molecule has 72 valence electrons. The molecular formula is C9H13NO3. The van der Waals surface area contributed by atoms with Crippen LogP contribution in [0, 0.1) is 0 Å². The van der Waals surface area contributed by atoms with Gasteiger partial charge in [0.25, 0.3) is 0 Å². The molecule has 0 aromatic heterocycles. The first-order chi connectivity index (χ1) is 6.09. The van der Waals surface area contributed by atoms with Gasteiger partial charge >= 0.3 is 0 Å². The van der Waals surface area contributed by atoms with E-state index >= 15 is 0 Å². The highest BCUT2D eigenvalue weighted by Gasteiger charge is 2.33. The fourth-order valence-electron chi connectivity index (χ4n) is 1.01. The molecule has 4 heteroatoms. The Morgan fingerprint density at radius 2 is 1.85 bits per heavy atom. The number of aliphatic hydroxyl groups is 2. The normalized spacial score (nSPS) is 14.2. The first kappa shape index (κ1) is 10.1. The number of methoxy groups -OCH3 is 1. The summed E-state index contributed by atoms with van der Waals surface area (Å²) in [5, 5.41) is 19.1. The standard InChI is InChI=1S/C9H13NO3/c1-13-8(10)9(11,12)7-5-3-2-4-6-7/h2-6,8,11-12H,10H2,1H3. The lowest BCUT2D eigenvalue weighted by molar-refractivity contribution is -0.239. The zero-order chi connectivity index (χ0) is 9.90. The van der Waals surface area contributed by atoms with Crippen LogP contribution < -0.4 is 5.73 Å². The van der Waals surface area contributed by atoms with Crippen LogP contribution in [0.5, 0.6) is 0 Å². The molecule has 0 saturated heterocycles. The monoisotopic (exact) mass is 183 g/mol. The van der Waals surface area contributed by atoms with Gasteiger partial charge in [-0.2, -0.15) is 0 Å². The molecule has 4 nitrogen and oxygen atoms in total. The van der Waals surface area contributed by atoms with Gasteiger partial charge in [0, 0.05) is 12.7 Å². The number of hydrogen-bond acceptors (Lipinski definition) is 4. The minimum atomic E-state index is -2.14. The van der Waals surface area contributed by atoms with Crippen LogP contribution in [0.25, 0.3) is 0 Å². The SMILES string of the molecule is COC(N)C(O)(O)c1ccccc1. The van der Waals surface area contributed by atoms with Gasteiger partial charge in [-0.15, -0.1) is 0 Å². The van der Waals surface area contributed by atoms with Crippen LogP contribution in [0.15, 0.2) is 30.3 Å². The van der Waals surface area contributed by atoms with E-state index in [-0.39, 0.29) is 0 Å². The maximum Gasteiger partial charge on any atom is 0.230 e. The van der Waals surface area contributed by atoms with Gasteiger partial charge in [-0.05, 0) is 0 Å². The summed E-state index contributed by atoms with van der Waals surface area (Å²) in [5.41, 5.74) is 5.67. The van der Waals surface area contributed by atoms with Crippen LogP contribution in [0.3, 0.4) is 0 Å². The molecule has 0 radical (unpaired) electrons. The van der Waals surface area contributed by atoms with E-state index in [4.69, 9.17) is 5.73 Å². The van der Waals surface area contributed by atoms with Crippen molar-refractivity contribution in [3.05, 3.63) is 35.9 Å². The van der Waals surface area contributed by atoms with Crippen LogP contribution in [0.4, 0.5) is 0 Å². The molecule has 1 aromatic rings. The molecule has 0 saturated carbocycles. The lowest BCUT2D eigenvalue weighted by Gasteiger charge is -2.27. The Labute approximate surface area is 76.6 Å². The van der Waals surface area contributed by atoms with Gasteiger partial charge in [-0.3, -0.25) is 0 Å². The Hall–Kier alpha value is -0.940. The van der Waals surface area contributed by atoms with Crippen LogP contribution in [0.2, 0.25) is 0 Å². The summed E-state index contributed by atoms with van der Waals surface area (Å²) in [6, 6.07) is 8.30. The van der Waals surface area contributed by atoms with Crippen molar-refractivity contribution in [2.45, 2.75) is 12.0 Å². The second-order valence-corrected chi connectivity index (χ2v) is 2.75. The number of hydrogen-bond donors (Lipinski definition) is 3. The van der Waals surface area contributed by atoms with Crippen LogP contribution in [-0.4, -0.2) is 23.6 Å². The van der Waals surface area contributed by atoms with Gasteiger partial charge in [-0.1, -0.05) is 30.3 Å². The fourth-order valence-corrected chi connectivity index (χ4v) is 1.01. The van der Waals surface area contributed by atoms with Crippen molar-refractivity contribution in [2.24, 2.45) is 5.73 Å². The summed E-state index contributed by atoms with van der Waals surface area (Å²) in [7, 11) is 1.31. The molecule has 1 rings (SSSR count). The Morgan fingerprint density at radius 1 is 1.31 bits per heavy atom. The maximum atomic E-state index is 9.56. The Balaban J connectivity index is 2.93. The molecule has 0 bridgehead atoms. The van der Waals surface area contributed by atoms with Crippen molar-refractivity contribution in [2.75, 3.05) is 7.11 Å². The van der Waals surface area contributed by atoms with E-state index < -0.39 is 12.0 Å². The average Bonchev–Trinajstić information content (AvgIpc) is 2.18. The van der Waals surface area contributed by atoms with Crippen molar-refractivity contribution in [1.29, 1.82) is 0 Å². The van der Waals surface area contributed by atoms with Crippen LogP contribution in [0.1, 0.15) is 5.56 Å². The molecule has 1 aromatic carbocycles. The molecular weight excluding hydrogens is 170 g/mol. The van der Waals surface area contributed by atoms with Gasteiger partial charge in [0.15, 0.2) is 6.23 Å². The summed E-state index contributed by atoms with van der Waals surface area (Å²) in [4.78, 5) is 0. The fraction of sp³-hybridized carbons (Fsp3) is 0.333. The zero-order valence-electron chi connectivity index (χ0n) is 7.34. The topological polar surface area (TPSA) is 75.7 Å². The summed E-state index contributed by atoms with van der Waals surface area (Å²) >= 11 is 0. The highest BCUT2D eigenvalue weighted by Crippen LogP contribution is 2.20. The smallest absolute Gasteiger partial charge is 0.230 e. The van der Waals surface area contributed by atoms with E-state index in [0.717, 1.165) is 0 Å². The minimum absolute atomic E-state index is 0.310. The summed E-state index contributed by atoms with van der Waals surface area (Å²) in [5.74, 6) is -2.14. The molecule has 1 unspecified atom stereocenters. The third-order valence-corrected chi connectivity index (χ3v) is 1.85. The predicted octanol–water partition coefficient (Wildman–Crippen LogP) is -0.245. The van der Waals surface area contributed by atoms with Gasteiger partial charge in [0.05, 0.1) is 0 Å². The Kier molecular flexibility index (Phi) is 3.00. The number of ether oxygens (including phenoxy) is 1. The zero-order valence-corrected chi connectivity index (χ0v) is 7.34. The van der Waals surface area contributed by atoms with E-state index in [1.54, 1.807) is 30.3 Å². The highest BCUT2D eigenvalue weighted by atomic mass is 16.6. The van der Waals surface area contributed by atoms with Gasteiger partial charge < -0.3 is 20.7 Å². The van der Waals surface area contributed by atoms with Crippen molar-refractivity contribution in [1.82, 2.24) is 0 Å². The predicted molar refractivity (Wildman–Crippen MR) is 47.5 cm³/mol. The lowest BCUT2D eigenvalue weighted by Crippen LogP contribution is -2.46. The van der Waals surface area contributed by atoms with Gasteiger partial charge in [-0.25, -0.2) is 0 Å². The summed E-state index contributed by atoms with van der Waals surface area (Å²) in [6.45, 7) is 0. The van der Waals surface area contributed by atoms with Gasteiger partial charge in [0.2, 0.25) is 5.79 Å². The van der Waals surface area contributed by atoms with E-state index in [2.05, 4.69) is 4.74 Å². The minimum Gasteiger partial charge on any atom is -0.361 e. The maximum absolute atomic E-state index is 9.56. The van der Waals surface area contributed by atoms with Crippen molar-refractivity contribution >= 4 is 0 Å².